The number of ether oxygens (including phenoxy) is 1. The van der Waals surface area contributed by atoms with E-state index in [4.69, 9.17) is 0 Å². The van der Waals surface area contributed by atoms with Crippen LogP contribution in [0.4, 0.5) is 13.2 Å². The maximum absolute atomic E-state index is 12.6. The molecule has 0 spiro atoms. The van der Waals surface area contributed by atoms with E-state index >= 15 is 0 Å². The number of halogens is 3. The maximum atomic E-state index is 12.6. The molecular formula is C10H12F3NO2. The van der Waals surface area contributed by atoms with Crippen molar-refractivity contribution >= 4 is 0 Å². The molecule has 0 aliphatic carbocycles. The minimum atomic E-state index is -4.42. The quantitative estimate of drug-likeness (QED) is 0.813. The van der Waals surface area contributed by atoms with Crippen LogP contribution in [0.3, 0.4) is 0 Å². The Balaban J connectivity index is 3.02. The third-order valence-corrected chi connectivity index (χ3v) is 1.99. The molecule has 0 fully saturated rings. The standard InChI is InChI=1S/C10H12F3NO2/c1-15-9-4-3-7(6-14-16-2)5-8(9)10(11,12)13/h3-5,14H,6H2,1-2H3. The molecule has 0 aliphatic heterocycles. The second kappa shape index (κ2) is 5.18. The lowest BCUT2D eigenvalue weighted by molar-refractivity contribution is -0.138. The van der Waals surface area contributed by atoms with Gasteiger partial charge < -0.3 is 9.57 Å². The second-order valence-electron chi connectivity index (χ2n) is 3.06. The van der Waals surface area contributed by atoms with Crippen LogP contribution in [0.15, 0.2) is 18.2 Å². The summed E-state index contributed by atoms with van der Waals surface area (Å²) in [5.74, 6) is -0.186. The molecule has 0 amide bonds. The first kappa shape index (κ1) is 12.8. The molecule has 0 heterocycles. The van der Waals surface area contributed by atoms with Gasteiger partial charge in [-0.2, -0.15) is 18.7 Å². The SMILES string of the molecule is CONCc1ccc(OC)c(C(F)(F)F)c1. The Hall–Kier alpha value is -1.27. The highest BCUT2D eigenvalue weighted by atomic mass is 19.4. The molecule has 0 aliphatic rings. The van der Waals surface area contributed by atoms with Crippen molar-refractivity contribution in [2.45, 2.75) is 12.7 Å². The summed E-state index contributed by atoms with van der Waals surface area (Å²) in [5, 5.41) is 0. The number of benzene rings is 1. The Kier molecular flexibility index (Phi) is 4.14. The van der Waals surface area contributed by atoms with Gasteiger partial charge in [0.25, 0.3) is 0 Å². The fourth-order valence-electron chi connectivity index (χ4n) is 1.24. The second-order valence-corrected chi connectivity index (χ2v) is 3.06. The molecule has 90 valence electrons. The Labute approximate surface area is 91.1 Å². The predicted molar refractivity (Wildman–Crippen MR) is 51.8 cm³/mol. The Morgan fingerprint density at radius 3 is 2.44 bits per heavy atom. The van der Waals surface area contributed by atoms with Gasteiger partial charge >= 0.3 is 6.18 Å². The highest BCUT2D eigenvalue weighted by molar-refractivity contribution is 5.39. The molecule has 0 saturated heterocycles. The minimum absolute atomic E-state index is 0.186. The van der Waals surface area contributed by atoms with E-state index in [1.165, 1.54) is 20.3 Å². The van der Waals surface area contributed by atoms with Crippen LogP contribution in [0.5, 0.6) is 5.75 Å². The van der Waals surface area contributed by atoms with Crippen LogP contribution in [0.2, 0.25) is 0 Å². The van der Waals surface area contributed by atoms with Gasteiger partial charge in [0.05, 0.1) is 19.8 Å². The normalized spacial score (nSPS) is 11.6. The fourth-order valence-corrected chi connectivity index (χ4v) is 1.24. The van der Waals surface area contributed by atoms with E-state index in [0.29, 0.717) is 5.56 Å². The molecule has 0 saturated carbocycles. The zero-order valence-corrected chi connectivity index (χ0v) is 8.89. The zero-order valence-electron chi connectivity index (χ0n) is 8.89. The van der Waals surface area contributed by atoms with Gasteiger partial charge in [0.1, 0.15) is 5.75 Å². The first-order chi connectivity index (χ1) is 7.49. The van der Waals surface area contributed by atoms with Gasteiger partial charge in [0, 0.05) is 6.54 Å². The third-order valence-electron chi connectivity index (χ3n) is 1.99. The van der Waals surface area contributed by atoms with Gasteiger partial charge in [-0.25, -0.2) is 0 Å². The van der Waals surface area contributed by atoms with Crippen molar-refractivity contribution in [3.8, 4) is 5.75 Å². The largest absolute Gasteiger partial charge is 0.496 e. The third kappa shape index (κ3) is 3.11. The van der Waals surface area contributed by atoms with E-state index in [1.54, 1.807) is 6.07 Å². The maximum Gasteiger partial charge on any atom is 0.419 e. The number of hydroxylamine groups is 1. The molecule has 6 heteroatoms. The first-order valence-corrected chi connectivity index (χ1v) is 4.49. The molecule has 0 bridgehead atoms. The predicted octanol–water partition coefficient (Wildman–Crippen LogP) is 2.37. The fraction of sp³-hybridized carbons (Fsp3) is 0.400. The Morgan fingerprint density at radius 2 is 1.94 bits per heavy atom. The van der Waals surface area contributed by atoms with E-state index in [9.17, 15) is 13.2 Å². The monoisotopic (exact) mass is 235 g/mol. The molecule has 1 aromatic carbocycles. The average molecular weight is 235 g/mol. The molecule has 0 aromatic heterocycles. The summed E-state index contributed by atoms with van der Waals surface area (Å²) in [4.78, 5) is 4.57. The van der Waals surface area contributed by atoms with Gasteiger partial charge in [0.15, 0.2) is 0 Å². The van der Waals surface area contributed by atoms with Crippen LogP contribution < -0.4 is 10.2 Å². The number of hydrogen-bond acceptors (Lipinski definition) is 3. The van der Waals surface area contributed by atoms with Crippen molar-refractivity contribution in [2.24, 2.45) is 0 Å². The van der Waals surface area contributed by atoms with Crippen LogP contribution in [-0.4, -0.2) is 14.2 Å². The highest BCUT2D eigenvalue weighted by Gasteiger charge is 2.34. The molecule has 1 rings (SSSR count). The number of rotatable bonds is 4. The van der Waals surface area contributed by atoms with Gasteiger partial charge in [-0.15, -0.1) is 0 Å². The van der Waals surface area contributed by atoms with Crippen molar-refractivity contribution in [2.75, 3.05) is 14.2 Å². The molecule has 1 N–H and O–H groups in total. The Morgan fingerprint density at radius 1 is 1.25 bits per heavy atom. The molecule has 16 heavy (non-hydrogen) atoms. The summed E-state index contributed by atoms with van der Waals surface area (Å²) in [6.07, 6.45) is -4.42. The summed E-state index contributed by atoms with van der Waals surface area (Å²) in [6.45, 7) is 0.198. The van der Waals surface area contributed by atoms with Crippen LogP contribution in [-0.2, 0) is 17.6 Å². The molecule has 1 aromatic rings. The van der Waals surface area contributed by atoms with Crippen molar-refractivity contribution in [1.82, 2.24) is 5.48 Å². The van der Waals surface area contributed by atoms with Gasteiger partial charge in [0.2, 0.25) is 0 Å². The molecule has 0 radical (unpaired) electrons. The lowest BCUT2D eigenvalue weighted by Crippen LogP contribution is -2.13. The lowest BCUT2D eigenvalue weighted by Gasteiger charge is -2.13. The van der Waals surface area contributed by atoms with E-state index in [-0.39, 0.29) is 12.3 Å². The molecule has 0 atom stereocenters. The van der Waals surface area contributed by atoms with Crippen molar-refractivity contribution in [1.29, 1.82) is 0 Å². The van der Waals surface area contributed by atoms with Crippen molar-refractivity contribution in [3.63, 3.8) is 0 Å². The molecule has 3 nitrogen and oxygen atoms in total. The zero-order chi connectivity index (χ0) is 12.2. The van der Waals surface area contributed by atoms with Crippen molar-refractivity contribution < 1.29 is 22.7 Å². The summed E-state index contributed by atoms with van der Waals surface area (Å²) in [5.41, 5.74) is 2.15. The lowest BCUT2D eigenvalue weighted by atomic mass is 10.1. The van der Waals surface area contributed by atoms with Crippen molar-refractivity contribution in [3.05, 3.63) is 29.3 Å². The van der Waals surface area contributed by atoms with E-state index in [0.717, 1.165) is 6.07 Å². The van der Waals surface area contributed by atoms with Gasteiger partial charge in [-0.05, 0) is 17.7 Å². The molecular weight excluding hydrogens is 223 g/mol. The van der Waals surface area contributed by atoms with Crippen LogP contribution in [0, 0.1) is 0 Å². The van der Waals surface area contributed by atoms with E-state index in [2.05, 4.69) is 15.1 Å². The summed E-state index contributed by atoms with van der Waals surface area (Å²) < 4.78 is 42.5. The number of nitrogens with one attached hydrogen (secondary N) is 1. The van der Waals surface area contributed by atoms with E-state index in [1.807, 2.05) is 0 Å². The minimum Gasteiger partial charge on any atom is -0.496 e. The van der Waals surface area contributed by atoms with Crippen LogP contribution in [0.1, 0.15) is 11.1 Å². The van der Waals surface area contributed by atoms with Gasteiger partial charge in [-0.3, -0.25) is 0 Å². The van der Waals surface area contributed by atoms with Gasteiger partial charge in [-0.1, -0.05) is 6.07 Å². The number of alkyl halides is 3. The highest BCUT2D eigenvalue weighted by Crippen LogP contribution is 2.36. The summed E-state index contributed by atoms with van der Waals surface area (Å²) in [7, 11) is 2.60. The number of hydrogen-bond donors (Lipinski definition) is 1. The summed E-state index contributed by atoms with van der Waals surface area (Å²) in [6, 6.07) is 3.86. The van der Waals surface area contributed by atoms with E-state index < -0.39 is 11.7 Å². The molecule has 0 unspecified atom stereocenters. The number of methoxy groups -OCH3 is 1. The average Bonchev–Trinajstić information content (AvgIpc) is 2.24. The Bertz CT molecular complexity index is 352. The smallest absolute Gasteiger partial charge is 0.419 e. The van der Waals surface area contributed by atoms with Crippen LogP contribution in [0.25, 0.3) is 0 Å². The topological polar surface area (TPSA) is 30.5 Å². The van der Waals surface area contributed by atoms with Crippen LogP contribution >= 0.6 is 0 Å². The summed E-state index contributed by atoms with van der Waals surface area (Å²) >= 11 is 0. The first-order valence-electron chi connectivity index (χ1n) is 4.49.